The number of likely N-dealkylation sites (tertiary alicyclic amines) is 1. The number of benzene rings is 1. The van der Waals surface area contributed by atoms with Gasteiger partial charge in [-0.25, -0.2) is 0 Å². The van der Waals surface area contributed by atoms with E-state index in [4.69, 9.17) is 11.6 Å². The predicted molar refractivity (Wildman–Crippen MR) is 108 cm³/mol. The summed E-state index contributed by atoms with van der Waals surface area (Å²) in [6.45, 7) is 4.64. The van der Waals surface area contributed by atoms with Gasteiger partial charge in [-0.1, -0.05) is 17.7 Å². The van der Waals surface area contributed by atoms with Gasteiger partial charge in [0.1, 0.15) is 0 Å². The second-order valence-corrected chi connectivity index (χ2v) is 8.68. The zero-order chi connectivity index (χ0) is 18.5. The molecular weight excluding hydrogens is 370 g/mol. The summed E-state index contributed by atoms with van der Waals surface area (Å²) in [5.74, 6) is 1.75. The minimum absolute atomic E-state index is 0.450. The van der Waals surface area contributed by atoms with Gasteiger partial charge in [-0.2, -0.15) is 11.8 Å². The number of aryl methyl sites for hydroxylation is 1. The Morgan fingerprint density at radius 2 is 2.00 bits per heavy atom. The quantitative estimate of drug-likeness (QED) is 0.769. The highest BCUT2D eigenvalue weighted by Crippen LogP contribution is 2.26. The number of nitrogens with zero attached hydrogens (tertiary/aromatic N) is 1. The van der Waals surface area contributed by atoms with Crippen LogP contribution in [0.1, 0.15) is 24.8 Å². The Bertz CT molecular complexity index is 656. The molecular formula is C19H26ClN3O2S. The summed E-state index contributed by atoms with van der Waals surface area (Å²) in [5, 5.41) is 5.94. The van der Waals surface area contributed by atoms with E-state index in [-0.39, 0.29) is 0 Å². The average molecular weight is 396 g/mol. The van der Waals surface area contributed by atoms with Gasteiger partial charge in [-0.3, -0.25) is 14.5 Å². The van der Waals surface area contributed by atoms with Gasteiger partial charge in [-0.15, -0.1) is 0 Å². The van der Waals surface area contributed by atoms with Crippen molar-refractivity contribution in [3.8, 4) is 0 Å². The molecule has 2 heterocycles. The molecule has 2 aliphatic rings. The van der Waals surface area contributed by atoms with Crippen molar-refractivity contribution in [3.05, 3.63) is 28.8 Å². The van der Waals surface area contributed by atoms with Crippen LogP contribution in [-0.2, 0) is 9.59 Å². The van der Waals surface area contributed by atoms with E-state index in [9.17, 15) is 9.59 Å². The van der Waals surface area contributed by atoms with Crippen molar-refractivity contribution in [1.29, 1.82) is 0 Å². The highest BCUT2D eigenvalue weighted by Gasteiger charge is 2.27. The molecule has 0 spiro atoms. The summed E-state index contributed by atoms with van der Waals surface area (Å²) in [6.07, 6.45) is 3.46. The molecule has 2 aliphatic heterocycles. The van der Waals surface area contributed by atoms with Crippen LogP contribution in [0.2, 0.25) is 5.02 Å². The molecule has 26 heavy (non-hydrogen) atoms. The Morgan fingerprint density at radius 3 is 2.65 bits per heavy atom. The predicted octanol–water partition coefficient (Wildman–Crippen LogP) is 2.92. The van der Waals surface area contributed by atoms with Crippen LogP contribution in [0.15, 0.2) is 18.2 Å². The topological polar surface area (TPSA) is 61.4 Å². The summed E-state index contributed by atoms with van der Waals surface area (Å²) in [6, 6.07) is 5.94. The first kappa shape index (κ1) is 19.5. The van der Waals surface area contributed by atoms with E-state index in [2.05, 4.69) is 15.5 Å². The number of carbonyl (C=O) groups excluding carboxylic acids is 2. The Kier molecular flexibility index (Phi) is 6.84. The Morgan fingerprint density at radius 1 is 1.23 bits per heavy atom. The molecule has 7 heteroatoms. The van der Waals surface area contributed by atoms with E-state index in [0.717, 1.165) is 37.5 Å². The lowest BCUT2D eigenvalue weighted by molar-refractivity contribution is -0.136. The van der Waals surface area contributed by atoms with Crippen LogP contribution in [0, 0.1) is 12.8 Å². The van der Waals surface area contributed by atoms with E-state index >= 15 is 0 Å². The number of halogens is 1. The van der Waals surface area contributed by atoms with Gasteiger partial charge >= 0.3 is 11.8 Å². The number of nitrogens with one attached hydrogen (secondary N) is 2. The molecule has 0 bridgehead atoms. The maximum atomic E-state index is 12.0. The third-order valence-corrected chi connectivity index (χ3v) is 6.81. The van der Waals surface area contributed by atoms with Crippen molar-refractivity contribution in [2.45, 2.75) is 32.2 Å². The molecule has 2 saturated heterocycles. The lowest BCUT2D eigenvalue weighted by Crippen LogP contribution is -2.45. The van der Waals surface area contributed by atoms with E-state index < -0.39 is 11.8 Å². The third kappa shape index (κ3) is 5.15. The van der Waals surface area contributed by atoms with Crippen molar-refractivity contribution in [2.75, 3.05) is 36.5 Å². The summed E-state index contributed by atoms with van der Waals surface area (Å²) in [4.78, 5) is 26.7. The second-order valence-electron chi connectivity index (χ2n) is 7.12. The molecule has 1 unspecified atom stereocenters. The first-order valence-corrected chi connectivity index (χ1v) is 10.7. The maximum Gasteiger partial charge on any atom is 0.313 e. The first-order valence-electron chi connectivity index (χ1n) is 9.20. The van der Waals surface area contributed by atoms with Crippen molar-refractivity contribution in [1.82, 2.24) is 10.2 Å². The summed E-state index contributed by atoms with van der Waals surface area (Å²) >= 11 is 8.09. The van der Waals surface area contributed by atoms with Gasteiger partial charge in [0.15, 0.2) is 0 Å². The van der Waals surface area contributed by atoms with Gasteiger partial charge in [0.25, 0.3) is 0 Å². The molecule has 2 amide bonds. The number of carbonyl (C=O) groups is 2. The number of hydrogen-bond acceptors (Lipinski definition) is 4. The largest absolute Gasteiger partial charge is 0.348 e. The molecule has 1 atom stereocenters. The van der Waals surface area contributed by atoms with Gasteiger partial charge in [0.2, 0.25) is 0 Å². The second kappa shape index (κ2) is 9.11. The fourth-order valence-electron chi connectivity index (χ4n) is 3.51. The molecule has 0 aliphatic carbocycles. The molecule has 142 valence electrons. The summed E-state index contributed by atoms with van der Waals surface area (Å²) < 4.78 is 0. The van der Waals surface area contributed by atoms with E-state index in [0.29, 0.717) is 23.2 Å². The fraction of sp³-hybridized carbons (Fsp3) is 0.579. The van der Waals surface area contributed by atoms with Gasteiger partial charge in [0.05, 0.1) is 0 Å². The van der Waals surface area contributed by atoms with Crippen molar-refractivity contribution in [2.24, 2.45) is 5.92 Å². The summed E-state index contributed by atoms with van der Waals surface area (Å²) in [5.41, 5.74) is 1.46. The molecule has 2 N–H and O–H groups in total. The smallest absolute Gasteiger partial charge is 0.313 e. The number of piperidine rings is 1. The molecule has 5 nitrogen and oxygen atoms in total. The zero-order valence-corrected chi connectivity index (χ0v) is 16.7. The van der Waals surface area contributed by atoms with Crippen LogP contribution in [0.5, 0.6) is 0 Å². The zero-order valence-electron chi connectivity index (χ0n) is 15.1. The third-order valence-electron chi connectivity index (χ3n) is 5.26. The first-order chi connectivity index (χ1) is 12.5. The molecule has 0 radical (unpaired) electrons. The maximum absolute atomic E-state index is 12.0. The standard InChI is InChI=1S/C19H26ClN3O2S/c1-13-2-3-15(10-17(13)20)22-19(25)18(24)21-11-14-4-7-23(8-5-14)16-6-9-26-12-16/h2-3,10,14,16H,4-9,11-12H2,1H3,(H,21,24)(H,22,25). The van der Waals surface area contributed by atoms with Crippen molar-refractivity contribution in [3.63, 3.8) is 0 Å². The molecule has 0 saturated carbocycles. The normalized spacial score (nSPS) is 21.5. The molecule has 3 rings (SSSR count). The van der Waals surface area contributed by atoms with Crippen LogP contribution in [-0.4, -0.2) is 53.9 Å². The Balaban J connectivity index is 1.39. The molecule has 0 aromatic heterocycles. The number of amides is 2. The molecule has 2 fully saturated rings. The number of anilines is 1. The van der Waals surface area contributed by atoms with Gasteiger partial charge < -0.3 is 10.6 Å². The van der Waals surface area contributed by atoms with Gasteiger partial charge in [-0.05, 0) is 68.6 Å². The van der Waals surface area contributed by atoms with E-state index in [1.807, 2.05) is 24.8 Å². The van der Waals surface area contributed by atoms with Crippen LogP contribution >= 0.6 is 23.4 Å². The molecule has 1 aromatic rings. The van der Waals surface area contributed by atoms with Crippen LogP contribution in [0.3, 0.4) is 0 Å². The van der Waals surface area contributed by atoms with E-state index in [1.165, 1.54) is 17.9 Å². The summed E-state index contributed by atoms with van der Waals surface area (Å²) in [7, 11) is 0. The van der Waals surface area contributed by atoms with E-state index in [1.54, 1.807) is 12.1 Å². The van der Waals surface area contributed by atoms with Gasteiger partial charge in [0, 0.05) is 29.0 Å². The number of rotatable bonds is 4. The van der Waals surface area contributed by atoms with Crippen LogP contribution in [0.4, 0.5) is 5.69 Å². The number of thioether (sulfide) groups is 1. The SMILES string of the molecule is Cc1ccc(NC(=O)C(=O)NCC2CCN(C3CCSC3)CC2)cc1Cl. The number of hydrogen-bond donors (Lipinski definition) is 2. The van der Waals surface area contributed by atoms with Crippen molar-refractivity contribution < 1.29 is 9.59 Å². The average Bonchev–Trinajstić information content (AvgIpc) is 3.18. The highest BCUT2D eigenvalue weighted by atomic mass is 35.5. The Labute approximate surface area is 164 Å². The monoisotopic (exact) mass is 395 g/mol. The molecule has 1 aromatic carbocycles. The highest BCUT2D eigenvalue weighted by molar-refractivity contribution is 7.99. The minimum atomic E-state index is -0.648. The van der Waals surface area contributed by atoms with Crippen LogP contribution < -0.4 is 10.6 Å². The Hall–Kier alpha value is -1.24. The minimum Gasteiger partial charge on any atom is -0.348 e. The fourth-order valence-corrected chi connectivity index (χ4v) is 4.94. The lowest BCUT2D eigenvalue weighted by Gasteiger charge is -2.35. The van der Waals surface area contributed by atoms with Crippen LogP contribution in [0.25, 0.3) is 0 Å². The lowest BCUT2D eigenvalue weighted by atomic mass is 9.95. The van der Waals surface area contributed by atoms with Crippen molar-refractivity contribution >= 4 is 40.9 Å².